The van der Waals surface area contributed by atoms with Gasteiger partial charge in [0.05, 0.1) is 44.6 Å². The minimum atomic E-state index is 0.0113. The van der Waals surface area contributed by atoms with E-state index in [0.29, 0.717) is 11.1 Å². The van der Waals surface area contributed by atoms with Gasteiger partial charge in [0.15, 0.2) is 0 Å². The van der Waals surface area contributed by atoms with Crippen LogP contribution in [0.5, 0.6) is 0 Å². The highest BCUT2D eigenvalue weighted by Gasteiger charge is 2.27. The average molecular weight is 557 g/mol. The molecule has 0 N–H and O–H groups in total. The van der Waals surface area contributed by atoms with Crippen molar-refractivity contribution in [3.63, 3.8) is 0 Å². The number of fused-ring (bicyclic) bond motifs is 6. The Hall–Kier alpha value is -5.32. The van der Waals surface area contributed by atoms with E-state index in [1.54, 1.807) is 6.07 Å². The van der Waals surface area contributed by atoms with Crippen molar-refractivity contribution in [1.82, 2.24) is 9.13 Å². The van der Waals surface area contributed by atoms with E-state index in [2.05, 4.69) is 136 Å². The molecule has 43 heavy (non-hydrogen) atoms. The van der Waals surface area contributed by atoms with Crippen LogP contribution in [0.2, 0.25) is 0 Å². The van der Waals surface area contributed by atoms with Gasteiger partial charge in [-0.05, 0) is 88.2 Å². The zero-order chi connectivity index (χ0) is 30.2. The van der Waals surface area contributed by atoms with Crippen molar-refractivity contribution in [2.75, 3.05) is 0 Å². The molecule has 2 heterocycles. The van der Waals surface area contributed by atoms with Gasteiger partial charge in [0, 0.05) is 27.1 Å². The second-order valence-corrected chi connectivity index (χ2v) is 12.2. The highest BCUT2D eigenvalue weighted by atomic mass is 15.0. The molecule has 0 bridgehead atoms. The number of nitrogens with zero attached hydrogens (tertiary/aromatic N) is 4. The molecule has 0 saturated heterocycles. The zero-order valence-corrected chi connectivity index (χ0v) is 25.4. The molecule has 0 fully saturated rings. The molecule has 0 spiro atoms. The Morgan fingerprint density at radius 1 is 0.488 bits per heavy atom. The molecule has 4 nitrogen and oxygen atoms in total. The monoisotopic (exact) mass is 556 g/mol. The van der Waals surface area contributed by atoms with Crippen LogP contribution < -0.4 is 0 Å². The number of hydrogen-bond donors (Lipinski definition) is 0. The maximum Gasteiger partial charge on any atom is 0.101 e. The third-order valence-corrected chi connectivity index (χ3v) is 8.73. The van der Waals surface area contributed by atoms with Crippen LogP contribution in [-0.4, -0.2) is 9.13 Å². The van der Waals surface area contributed by atoms with E-state index in [-0.39, 0.29) is 5.92 Å². The van der Waals surface area contributed by atoms with Gasteiger partial charge >= 0.3 is 0 Å². The van der Waals surface area contributed by atoms with E-state index < -0.39 is 0 Å². The lowest BCUT2D eigenvalue weighted by molar-refractivity contribution is 0.839. The number of hydrogen-bond acceptors (Lipinski definition) is 2. The van der Waals surface area contributed by atoms with Crippen molar-refractivity contribution in [3.8, 4) is 23.5 Å². The fourth-order valence-electron chi connectivity index (χ4n) is 6.87. The first-order valence-corrected chi connectivity index (χ1v) is 14.8. The highest BCUT2D eigenvalue weighted by molar-refractivity contribution is 6.11. The number of nitriles is 2. The maximum atomic E-state index is 10.6. The van der Waals surface area contributed by atoms with Crippen LogP contribution in [0.3, 0.4) is 0 Å². The molecule has 0 aliphatic heterocycles. The molecule has 0 radical (unpaired) electrons. The molecule has 0 aliphatic carbocycles. The molecule has 5 aromatic carbocycles. The predicted molar refractivity (Wildman–Crippen MR) is 178 cm³/mol. The smallest absolute Gasteiger partial charge is 0.101 e. The summed E-state index contributed by atoms with van der Waals surface area (Å²) in [5.74, 6) is 0.0113. The van der Waals surface area contributed by atoms with Gasteiger partial charge in [-0.2, -0.15) is 10.5 Å². The van der Waals surface area contributed by atoms with Crippen LogP contribution in [0, 0.1) is 50.4 Å². The first-order valence-electron chi connectivity index (χ1n) is 14.8. The summed E-state index contributed by atoms with van der Waals surface area (Å²) in [6.45, 7) is 12.8. The normalized spacial score (nSPS) is 11.7. The lowest BCUT2D eigenvalue weighted by Crippen LogP contribution is -2.12. The number of benzene rings is 5. The van der Waals surface area contributed by atoms with Gasteiger partial charge in [-0.25, -0.2) is 0 Å². The minimum Gasteiger partial charge on any atom is -0.308 e. The lowest BCUT2D eigenvalue weighted by Gasteiger charge is -2.24. The molecule has 0 amide bonds. The van der Waals surface area contributed by atoms with E-state index in [1.165, 1.54) is 22.3 Å². The van der Waals surface area contributed by atoms with E-state index in [9.17, 15) is 10.5 Å². The summed E-state index contributed by atoms with van der Waals surface area (Å²) >= 11 is 0. The average Bonchev–Trinajstić information content (AvgIpc) is 3.46. The van der Waals surface area contributed by atoms with Gasteiger partial charge in [-0.15, -0.1) is 0 Å². The van der Waals surface area contributed by atoms with Gasteiger partial charge in [0.25, 0.3) is 0 Å². The number of aromatic nitrogens is 2. The Morgan fingerprint density at radius 3 is 1.05 bits per heavy atom. The third-order valence-electron chi connectivity index (χ3n) is 8.73. The molecule has 0 unspecified atom stereocenters. The molecular weight excluding hydrogens is 524 g/mol. The standard InChI is InChI=1S/C39H32N4/c1-22(2)37-38(42-33-11-7-23(3)15-29(33)30-16-24(4)8-12-34(30)42)27(20-40)19-28(21-41)39(37)43-35-13-9-25(5)17-31(35)32-18-26(6)10-14-36(32)43/h7-19,22H,1-6H3. The van der Waals surface area contributed by atoms with Crippen LogP contribution in [0.1, 0.15) is 58.7 Å². The van der Waals surface area contributed by atoms with Crippen LogP contribution in [0.4, 0.5) is 0 Å². The lowest BCUT2D eigenvalue weighted by atomic mass is 9.91. The molecule has 0 atom stereocenters. The number of aryl methyl sites for hydroxylation is 4. The summed E-state index contributed by atoms with van der Waals surface area (Å²) in [7, 11) is 0. The predicted octanol–water partition coefficient (Wildman–Crippen LogP) is 9.98. The second-order valence-electron chi connectivity index (χ2n) is 12.2. The number of rotatable bonds is 3. The van der Waals surface area contributed by atoms with Gasteiger partial charge in [-0.3, -0.25) is 0 Å². The summed E-state index contributed by atoms with van der Waals surface area (Å²) in [5.41, 5.74) is 12.6. The van der Waals surface area contributed by atoms with Gasteiger partial charge in [0.2, 0.25) is 0 Å². The van der Waals surface area contributed by atoms with Gasteiger partial charge in [0.1, 0.15) is 12.1 Å². The van der Waals surface area contributed by atoms with E-state index >= 15 is 0 Å². The van der Waals surface area contributed by atoms with Gasteiger partial charge < -0.3 is 9.13 Å². The van der Waals surface area contributed by atoms with Crippen LogP contribution in [0.25, 0.3) is 55.0 Å². The maximum absolute atomic E-state index is 10.6. The van der Waals surface area contributed by atoms with Crippen molar-refractivity contribution in [3.05, 3.63) is 118 Å². The summed E-state index contributed by atoms with van der Waals surface area (Å²) < 4.78 is 4.51. The van der Waals surface area contributed by atoms with Crippen LogP contribution in [0.15, 0.2) is 78.9 Å². The first kappa shape index (κ1) is 26.6. The van der Waals surface area contributed by atoms with Crippen molar-refractivity contribution in [2.45, 2.75) is 47.5 Å². The zero-order valence-electron chi connectivity index (χ0n) is 25.4. The molecule has 0 aliphatic rings. The molecule has 7 aromatic rings. The Kier molecular flexibility index (Phi) is 5.94. The second kappa shape index (κ2) is 9.62. The van der Waals surface area contributed by atoms with Gasteiger partial charge in [-0.1, -0.05) is 60.4 Å². The Balaban J connectivity index is 1.73. The fraction of sp³-hybridized carbons (Fsp3) is 0.179. The van der Waals surface area contributed by atoms with E-state index in [0.717, 1.165) is 60.5 Å². The molecule has 208 valence electrons. The minimum absolute atomic E-state index is 0.0113. The van der Waals surface area contributed by atoms with Crippen LogP contribution in [-0.2, 0) is 0 Å². The topological polar surface area (TPSA) is 57.4 Å². The first-order chi connectivity index (χ1) is 20.7. The molecule has 0 saturated carbocycles. The molecular formula is C39H32N4. The summed E-state index contributed by atoms with van der Waals surface area (Å²) in [6.07, 6.45) is 0. The Labute approximate surface area is 251 Å². The van der Waals surface area contributed by atoms with Crippen molar-refractivity contribution < 1.29 is 0 Å². The highest BCUT2D eigenvalue weighted by Crippen LogP contribution is 2.43. The summed E-state index contributed by atoms with van der Waals surface area (Å²) in [4.78, 5) is 0. The molecule has 7 rings (SSSR count). The van der Waals surface area contributed by atoms with E-state index in [4.69, 9.17) is 0 Å². The van der Waals surface area contributed by atoms with Crippen molar-refractivity contribution >= 4 is 43.6 Å². The van der Waals surface area contributed by atoms with E-state index in [1.807, 2.05) is 0 Å². The summed E-state index contributed by atoms with van der Waals surface area (Å²) in [5, 5.41) is 25.9. The van der Waals surface area contributed by atoms with Crippen LogP contribution >= 0.6 is 0 Å². The van der Waals surface area contributed by atoms with Crippen molar-refractivity contribution in [1.29, 1.82) is 10.5 Å². The SMILES string of the molecule is Cc1ccc2c(c1)c1cc(C)ccc1n2-c1c(C#N)cc(C#N)c(-n2c3ccc(C)cc3c3cc(C)ccc32)c1C(C)C. The quantitative estimate of drug-likeness (QED) is 0.217. The largest absolute Gasteiger partial charge is 0.308 e. The fourth-order valence-corrected chi connectivity index (χ4v) is 6.87. The Morgan fingerprint density at radius 2 is 0.791 bits per heavy atom. The molecule has 4 heteroatoms. The molecule has 2 aromatic heterocycles. The van der Waals surface area contributed by atoms with Crippen molar-refractivity contribution in [2.24, 2.45) is 0 Å². The Bertz CT molecular complexity index is 2100. The summed E-state index contributed by atoms with van der Waals surface area (Å²) in [6, 6.07) is 32.9. The third kappa shape index (κ3) is 3.88.